The highest BCUT2D eigenvalue weighted by Crippen LogP contribution is 2.52. The Kier molecular flexibility index (Phi) is 4.46. The summed E-state index contributed by atoms with van der Waals surface area (Å²) in [5, 5.41) is 19.7. The van der Waals surface area contributed by atoms with Crippen molar-refractivity contribution in [3.8, 4) is 0 Å². The summed E-state index contributed by atoms with van der Waals surface area (Å²) in [6.45, 7) is 6.31. The summed E-state index contributed by atoms with van der Waals surface area (Å²) in [7, 11) is 0. The second-order valence-corrected chi connectivity index (χ2v) is 7.82. The number of aliphatic hydroxyl groups is 1. The lowest BCUT2D eigenvalue weighted by atomic mass is 9.79. The number of ether oxygens (including phenoxy) is 1. The first-order valence-corrected chi connectivity index (χ1v) is 9.03. The highest BCUT2D eigenvalue weighted by molar-refractivity contribution is 8.03. The lowest BCUT2D eigenvalue weighted by Crippen LogP contribution is -2.63. The molecular weight excluding hydrogens is 318 g/mol. The van der Waals surface area contributed by atoms with Gasteiger partial charge in [0.1, 0.15) is 5.70 Å². The lowest BCUT2D eigenvalue weighted by molar-refractivity contribution is -0.163. The minimum absolute atomic E-state index is 0.0680. The average molecular weight is 341 g/mol. The molecular formula is C16H23NO5S. The Labute approximate surface area is 139 Å². The molecule has 0 aliphatic carbocycles. The topological polar surface area (TPSA) is 87.1 Å². The highest BCUT2D eigenvalue weighted by Gasteiger charge is 2.60. The normalized spacial score (nSPS) is 37.8. The van der Waals surface area contributed by atoms with E-state index in [-0.39, 0.29) is 34.9 Å². The number of aliphatic hydroxyl groups excluding tert-OH is 1. The third-order valence-electron chi connectivity index (χ3n) is 5.14. The predicted octanol–water partition coefficient (Wildman–Crippen LogP) is 1.44. The van der Waals surface area contributed by atoms with Gasteiger partial charge in [-0.2, -0.15) is 0 Å². The molecule has 0 radical (unpaired) electrons. The lowest BCUT2D eigenvalue weighted by Gasteiger charge is -2.46. The van der Waals surface area contributed by atoms with E-state index in [1.807, 2.05) is 6.92 Å². The zero-order valence-corrected chi connectivity index (χ0v) is 14.4. The van der Waals surface area contributed by atoms with E-state index in [1.165, 1.54) is 4.90 Å². The molecule has 6 unspecified atom stereocenters. The van der Waals surface area contributed by atoms with Crippen LogP contribution in [0.25, 0.3) is 0 Å². The van der Waals surface area contributed by atoms with Crippen molar-refractivity contribution in [1.29, 1.82) is 0 Å². The summed E-state index contributed by atoms with van der Waals surface area (Å²) in [6.07, 6.45) is 1.16. The van der Waals surface area contributed by atoms with Crippen LogP contribution in [0.15, 0.2) is 10.6 Å². The maximum Gasteiger partial charge on any atom is 0.353 e. The molecule has 23 heavy (non-hydrogen) atoms. The first-order valence-electron chi connectivity index (χ1n) is 8.15. The molecule has 3 heterocycles. The van der Waals surface area contributed by atoms with Gasteiger partial charge < -0.3 is 19.8 Å². The van der Waals surface area contributed by atoms with Crippen LogP contribution < -0.4 is 0 Å². The fourth-order valence-corrected chi connectivity index (χ4v) is 5.60. The Balaban J connectivity index is 1.89. The molecule has 2 N–H and O–H groups in total. The van der Waals surface area contributed by atoms with Gasteiger partial charge in [-0.15, -0.1) is 11.8 Å². The zero-order chi connectivity index (χ0) is 16.9. The van der Waals surface area contributed by atoms with Gasteiger partial charge in [-0.05, 0) is 19.8 Å². The Morgan fingerprint density at radius 1 is 1.52 bits per heavy atom. The predicted molar refractivity (Wildman–Crippen MR) is 85.7 cm³/mol. The molecule has 3 rings (SSSR count). The molecule has 7 heteroatoms. The summed E-state index contributed by atoms with van der Waals surface area (Å²) in [6, 6.07) is -0.238. The van der Waals surface area contributed by atoms with Crippen molar-refractivity contribution in [2.45, 2.75) is 57.1 Å². The number of fused-ring (bicyclic) bond motifs is 1. The van der Waals surface area contributed by atoms with Crippen LogP contribution in [-0.2, 0) is 14.3 Å². The van der Waals surface area contributed by atoms with E-state index in [2.05, 4.69) is 6.92 Å². The molecule has 0 aromatic carbocycles. The van der Waals surface area contributed by atoms with Crippen molar-refractivity contribution in [3.63, 3.8) is 0 Å². The Bertz CT molecular complexity index is 561. The molecule has 2 fully saturated rings. The van der Waals surface area contributed by atoms with E-state index in [1.54, 1.807) is 18.7 Å². The Morgan fingerprint density at radius 2 is 2.22 bits per heavy atom. The maximum absolute atomic E-state index is 12.3. The van der Waals surface area contributed by atoms with Gasteiger partial charge in [-0.25, -0.2) is 4.79 Å². The molecule has 0 aromatic rings. The standard InChI is InChI=1S/C16H23NO5S/c1-4-9-10(5-6-22-9)23-14-7(2)12-11(8(3)18)15(19)17(12)13(14)16(20)21/h7-12,18H,4-6H2,1-3H3,(H,20,21). The van der Waals surface area contributed by atoms with Crippen molar-refractivity contribution in [2.75, 3.05) is 6.61 Å². The van der Waals surface area contributed by atoms with Crippen LogP contribution in [0.3, 0.4) is 0 Å². The smallest absolute Gasteiger partial charge is 0.353 e. The van der Waals surface area contributed by atoms with Crippen LogP contribution in [0, 0.1) is 11.8 Å². The number of β-lactam (4-membered cyclic amide) rings is 1. The molecule has 0 spiro atoms. The van der Waals surface area contributed by atoms with E-state index in [9.17, 15) is 19.8 Å². The SMILES string of the molecule is CCC1OCCC1SC1=C(C(=O)O)N2C(=O)C(C(C)O)C2C1C. The molecule has 128 valence electrons. The van der Waals surface area contributed by atoms with Crippen molar-refractivity contribution in [2.24, 2.45) is 11.8 Å². The largest absolute Gasteiger partial charge is 0.477 e. The van der Waals surface area contributed by atoms with E-state index >= 15 is 0 Å². The average Bonchev–Trinajstić information content (AvgIpc) is 3.01. The van der Waals surface area contributed by atoms with Crippen LogP contribution in [0.4, 0.5) is 0 Å². The van der Waals surface area contributed by atoms with Gasteiger partial charge in [-0.1, -0.05) is 13.8 Å². The number of hydrogen-bond donors (Lipinski definition) is 2. The van der Waals surface area contributed by atoms with Crippen LogP contribution in [0.5, 0.6) is 0 Å². The molecule has 0 aromatic heterocycles. The third-order valence-corrected chi connectivity index (χ3v) is 6.80. The number of carboxylic acid groups (broad SMARTS) is 1. The van der Waals surface area contributed by atoms with Crippen LogP contribution in [-0.4, -0.2) is 57.1 Å². The first kappa shape index (κ1) is 16.8. The summed E-state index contributed by atoms with van der Waals surface area (Å²) >= 11 is 1.55. The quantitative estimate of drug-likeness (QED) is 0.736. The number of thioether (sulfide) groups is 1. The fourth-order valence-electron chi connectivity index (χ4n) is 3.99. The Hall–Kier alpha value is -1.05. The van der Waals surface area contributed by atoms with Gasteiger partial charge in [0.25, 0.3) is 0 Å². The van der Waals surface area contributed by atoms with Crippen molar-refractivity contribution in [3.05, 3.63) is 10.6 Å². The van der Waals surface area contributed by atoms with Crippen molar-refractivity contribution < 1.29 is 24.5 Å². The van der Waals surface area contributed by atoms with Gasteiger partial charge in [0.05, 0.1) is 24.2 Å². The first-order chi connectivity index (χ1) is 10.9. The molecule has 0 saturated carbocycles. The van der Waals surface area contributed by atoms with E-state index in [4.69, 9.17) is 4.74 Å². The van der Waals surface area contributed by atoms with Gasteiger partial charge in [0.15, 0.2) is 0 Å². The highest BCUT2D eigenvalue weighted by atomic mass is 32.2. The van der Waals surface area contributed by atoms with Gasteiger partial charge in [0, 0.05) is 22.7 Å². The summed E-state index contributed by atoms with van der Waals surface area (Å²) in [5.41, 5.74) is 0.108. The summed E-state index contributed by atoms with van der Waals surface area (Å²) in [5.74, 6) is -1.91. The fraction of sp³-hybridized carbons (Fsp3) is 0.750. The van der Waals surface area contributed by atoms with Crippen molar-refractivity contribution >= 4 is 23.6 Å². The summed E-state index contributed by atoms with van der Waals surface area (Å²) < 4.78 is 5.69. The van der Waals surface area contributed by atoms with E-state index in [0.29, 0.717) is 6.61 Å². The zero-order valence-electron chi connectivity index (χ0n) is 13.6. The number of rotatable bonds is 5. The maximum atomic E-state index is 12.3. The van der Waals surface area contributed by atoms with Crippen LogP contribution in [0.1, 0.15) is 33.6 Å². The third kappa shape index (κ3) is 2.49. The molecule has 3 aliphatic heterocycles. The Morgan fingerprint density at radius 3 is 2.78 bits per heavy atom. The number of carbonyl (C=O) groups is 2. The number of hydrogen-bond acceptors (Lipinski definition) is 5. The molecule has 0 bridgehead atoms. The van der Waals surface area contributed by atoms with Crippen molar-refractivity contribution in [1.82, 2.24) is 4.90 Å². The monoisotopic (exact) mass is 341 g/mol. The van der Waals surface area contributed by atoms with Gasteiger partial charge in [0.2, 0.25) is 5.91 Å². The molecule has 1 amide bonds. The van der Waals surface area contributed by atoms with Gasteiger partial charge in [-0.3, -0.25) is 4.79 Å². The minimum Gasteiger partial charge on any atom is -0.477 e. The summed E-state index contributed by atoms with van der Waals surface area (Å²) in [4.78, 5) is 26.2. The van der Waals surface area contributed by atoms with Crippen LogP contribution in [0.2, 0.25) is 0 Å². The number of carboxylic acids is 1. The van der Waals surface area contributed by atoms with Gasteiger partial charge >= 0.3 is 5.97 Å². The van der Waals surface area contributed by atoms with Crippen LogP contribution >= 0.6 is 11.8 Å². The molecule has 6 atom stereocenters. The molecule has 6 nitrogen and oxygen atoms in total. The molecule has 3 aliphatic rings. The minimum atomic E-state index is -1.06. The molecule has 2 saturated heterocycles. The number of amides is 1. The number of carbonyl (C=O) groups excluding carboxylic acids is 1. The second-order valence-electron chi connectivity index (χ2n) is 6.53. The number of nitrogens with zero attached hydrogens (tertiary/aromatic N) is 1. The van der Waals surface area contributed by atoms with E-state index < -0.39 is 18.0 Å². The second kappa shape index (κ2) is 6.11. The van der Waals surface area contributed by atoms with E-state index in [0.717, 1.165) is 17.7 Å². The number of aliphatic carboxylic acids is 1.